The zero-order valence-corrected chi connectivity index (χ0v) is 8.03. The first-order valence-corrected chi connectivity index (χ1v) is 4.17. The third kappa shape index (κ3) is 3.90. The fraction of sp³-hybridized carbons (Fsp3) is 0.556. The van der Waals surface area contributed by atoms with Crippen molar-refractivity contribution in [2.45, 2.75) is 27.2 Å². The quantitative estimate of drug-likeness (QED) is 0.366. The lowest BCUT2D eigenvalue weighted by molar-refractivity contribution is 0.829. The van der Waals surface area contributed by atoms with Crippen molar-refractivity contribution >= 4 is 17.1 Å². The van der Waals surface area contributed by atoms with Gasteiger partial charge in [0.1, 0.15) is 0 Å². The summed E-state index contributed by atoms with van der Waals surface area (Å²) in [5, 5.41) is 8.67. The summed E-state index contributed by atoms with van der Waals surface area (Å²) in [7, 11) is 0. The molecule has 0 aromatic heterocycles. The SMILES string of the molecule is CCC(=S)/C(C#N)=C/C(C)C. The molecule has 0 aliphatic heterocycles. The summed E-state index contributed by atoms with van der Waals surface area (Å²) in [6, 6.07) is 2.10. The fourth-order valence-electron chi connectivity index (χ4n) is 0.716. The topological polar surface area (TPSA) is 23.8 Å². The molecule has 0 rings (SSSR count). The average Bonchev–Trinajstić information content (AvgIpc) is 1.98. The fourth-order valence-corrected chi connectivity index (χ4v) is 0.830. The van der Waals surface area contributed by atoms with Gasteiger partial charge < -0.3 is 0 Å². The summed E-state index contributed by atoms with van der Waals surface area (Å²) in [5.41, 5.74) is 0.664. The molecule has 0 aliphatic rings. The van der Waals surface area contributed by atoms with Crippen LogP contribution in [0.1, 0.15) is 27.2 Å². The minimum absolute atomic E-state index is 0.397. The van der Waals surface area contributed by atoms with E-state index in [9.17, 15) is 0 Å². The van der Waals surface area contributed by atoms with Crippen LogP contribution >= 0.6 is 12.2 Å². The van der Waals surface area contributed by atoms with Gasteiger partial charge in [0.2, 0.25) is 0 Å². The highest BCUT2D eigenvalue weighted by Crippen LogP contribution is 2.06. The Labute approximate surface area is 73.7 Å². The molecular formula is C9H13NS. The van der Waals surface area contributed by atoms with Crippen LogP contribution in [0.2, 0.25) is 0 Å². The molecule has 1 nitrogen and oxygen atoms in total. The zero-order chi connectivity index (χ0) is 8.85. The van der Waals surface area contributed by atoms with Gasteiger partial charge in [0.25, 0.3) is 0 Å². The smallest absolute Gasteiger partial charge is 0.1000 e. The van der Waals surface area contributed by atoms with E-state index in [1.165, 1.54) is 0 Å². The van der Waals surface area contributed by atoms with Crippen LogP contribution in [0.25, 0.3) is 0 Å². The first kappa shape index (κ1) is 10.3. The van der Waals surface area contributed by atoms with Gasteiger partial charge in [-0.25, -0.2) is 0 Å². The molecule has 60 valence electrons. The molecule has 0 aliphatic carbocycles. The number of hydrogen-bond acceptors (Lipinski definition) is 2. The molecule has 11 heavy (non-hydrogen) atoms. The third-order valence-electron chi connectivity index (χ3n) is 1.24. The highest BCUT2D eigenvalue weighted by atomic mass is 32.1. The Morgan fingerprint density at radius 3 is 2.45 bits per heavy atom. The zero-order valence-electron chi connectivity index (χ0n) is 7.22. The maximum absolute atomic E-state index is 8.67. The Kier molecular flexibility index (Phi) is 4.72. The van der Waals surface area contributed by atoms with Gasteiger partial charge in [0.15, 0.2) is 0 Å². The van der Waals surface area contributed by atoms with Crippen molar-refractivity contribution in [3.8, 4) is 6.07 Å². The average molecular weight is 167 g/mol. The van der Waals surface area contributed by atoms with Crippen LogP contribution in [-0.4, -0.2) is 4.86 Å². The van der Waals surface area contributed by atoms with Gasteiger partial charge in [-0.05, 0) is 12.3 Å². The second-order valence-electron chi connectivity index (χ2n) is 2.71. The molecular weight excluding hydrogens is 154 g/mol. The highest BCUT2D eigenvalue weighted by molar-refractivity contribution is 7.80. The molecule has 0 aromatic carbocycles. The Balaban J connectivity index is 4.43. The first-order chi connectivity index (χ1) is 5.11. The number of allylic oxidation sites excluding steroid dienone is 2. The van der Waals surface area contributed by atoms with Crippen LogP contribution < -0.4 is 0 Å². The molecule has 0 heterocycles. The Morgan fingerprint density at radius 1 is 1.64 bits per heavy atom. The van der Waals surface area contributed by atoms with Crippen LogP contribution in [0.15, 0.2) is 11.6 Å². The van der Waals surface area contributed by atoms with E-state index in [4.69, 9.17) is 17.5 Å². The van der Waals surface area contributed by atoms with Gasteiger partial charge in [0.05, 0.1) is 11.6 Å². The van der Waals surface area contributed by atoms with Crippen molar-refractivity contribution in [3.63, 3.8) is 0 Å². The van der Waals surface area contributed by atoms with Gasteiger partial charge in [-0.3, -0.25) is 0 Å². The Bertz CT molecular complexity index is 208. The third-order valence-corrected chi connectivity index (χ3v) is 1.75. The van der Waals surface area contributed by atoms with E-state index in [1.807, 2.05) is 26.8 Å². The molecule has 0 aromatic rings. The number of nitriles is 1. The predicted octanol–water partition coefficient (Wildman–Crippen LogP) is 2.87. The van der Waals surface area contributed by atoms with Crippen molar-refractivity contribution < 1.29 is 0 Å². The molecule has 0 N–H and O–H groups in total. The second kappa shape index (κ2) is 5.03. The van der Waals surface area contributed by atoms with Crippen LogP contribution in [0, 0.1) is 17.2 Å². The molecule has 0 unspecified atom stereocenters. The van der Waals surface area contributed by atoms with E-state index in [1.54, 1.807) is 0 Å². The van der Waals surface area contributed by atoms with E-state index in [0.29, 0.717) is 11.5 Å². The second-order valence-corrected chi connectivity index (χ2v) is 3.21. The number of hydrogen-bond donors (Lipinski definition) is 0. The van der Waals surface area contributed by atoms with E-state index >= 15 is 0 Å². The highest BCUT2D eigenvalue weighted by Gasteiger charge is 2.01. The number of thiocarbonyl (C=S) groups is 1. The van der Waals surface area contributed by atoms with Crippen molar-refractivity contribution in [2.75, 3.05) is 0 Å². The molecule has 0 saturated heterocycles. The summed E-state index contributed by atoms with van der Waals surface area (Å²) in [4.78, 5) is 0.765. The summed E-state index contributed by atoms with van der Waals surface area (Å²) < 4.78 is 0. The maximum Gasteiger partial charge on any atom is 0.1000 e. The monoisotopic (exact) mass is 167 g/mol. The minimum Gasteiger partial charge on any atom is -0.192 e. The largest absolute Gasteiger partial charge is 0.192 e. The van der Waals surface area contributed by atoms with Crippen molar-refractivity contribution in [3.05, 3.63) is 11.6 Å². The normalized spacial score (nSPS) is 11.4. The van der Waals surface area contributed by atoms with Crippen molar-refractivity contribution in [1.29, 1.82) is 5.26 Å². The lowest BCUT2D eigenvalue weighted by atomic mass is 10.1. The molecule has 2 heteroatoms. The molecule has 0 atom stereocenters. The molecule has 0 bridgehead atoms. The van der Waals surface area contributed by atoms with Gasteiger partial charge in [-0.2, -0.15) is 5.26 Å². The molecule has 0 saturated carbocycles. The lowest BCUT2D eigenvalue weighted by Crippen LogP contribution is -1.97. The standard InChI is InChI=1S/C9H13NS/c1-4-9(11)8(6-10)5-7(2)3/h5,7H,4H2,1-3H3/b8-5+. The van der Waals surface area contributed by atoms with Crippen LogP contribution in [0.5, 0.6) is 0 Å². The van der Waals surface area contributed by atoms with E-state index in [-0.39, 0.29) is 0 Å². The molecule has 0 amide bonds. The first-order valence-electron chi connectivity index (χ1n) is 3.77. The van der Waals surface area contributed by atoms with E-state index < -0.39 is 0 Å². The minimum atomic E-state index is 0.397. The molecule has 0 fully saturated rings. The van der Waals surface area contributed by atoms with Crippen molar-refractivity contribution in [1.82, 2.24) is 0 Å². The maximum atomic E-state index is 8.67. The van der Waals surface area contributed by atoms with E-state index in [2.05, 4.69) is 6.07 Å². The van der Waals surface area contributed by atoms with Crippen molar-refractivity contribution in [2.24, 2.45) is 5.92 Å². The van der Waals surface area contributed by atoms with Gasteiger partial charge in [-0.1, -0.05) is 39.1 Å². The summed E-state index contributed by atoms with van der Waals surface area (Å²) in [6.07, 6.45) is 2.69. The number of rotatable bonds is 3. The predicted molar refractivity (Wildman–Crippen MR) is 51.4 cm³/mol. The lowest BCUT2D eigenvalue weighted by Gasteiger charge is -1.99. The molecule has 0 radical (unpaired) electrons. The summed E-state index contributed by atoms with van der Waals surface area (Å²) >= 11 is 5.00. The molecule has 0 spiro atoms. The Hall–Kier alpha value is -0.680. The Morgan fingerprint density at radius 2 is 2.18 bits per heavy atom. The van der Waals surface area contributed by atoms with Crippen LogP contribution in [0.3, 0.4) is 0 Å². The van der Waals surface area contributed by atoms with Gasteiger partial charge in [0, 0.05) is 4.86 Å². The van der Waals surface area contributed by atoms with Crippen LogP contribution in [-0.2, 0) is 0 Å². The van der Waals surface area contributed by atoms with Crippen LogP contribution in [0.4, 0.5) is 0 Å². The summed E-state index contributed by atoms with van der Waals surface area (Å²) in [6.45, 7) is 6.04. The summed E-state index contributed by atoms with van der Waals surface area (Å²) in [5.74, 6) is 0.397. The van der Waals surface area contributed by atoms with E-state index in [0.717, 1.165) is 11.3 Å². The van der Waals surface area contributed by atoms with Gasteiger partial charge >= 0.3 is 0 Å². The van der Waals surface area contributed by atoms with Gasteiger partial charge in [-0.15, -0.1) is 0 Å². The number of nitrogens with zero attached hydrogens (tertiary/aromatic N) is 1.